The van der Waals surface area contributed by atoms with Gasteiger partial charge in [-0.25, -0.2) is 5.48 Å². The third kappa shape index (κ3) is 6.66. The molecule has 1 aliphatic heterocycles. The molecule has 3 aromatic carbocycles. The van der Waals surface area contributed by atoms with Crippen LogP contribution in [-0.4, -0.2) is 57.4 Å². The van der Waals surface area contributed by atoms with Crippen LogP contribution in [0.15, 0.2) is 78.9 Å². The predicted octanol–water partition coefficient (Wildman–Crippen LogP) is 3.35. The van der Waals surface area contributed by atoms with Gasteiger partial charge in [0.2, 0.25) is 0 Å². The van der Waals surface area contributed by atoms with Crippen molar-refractivity contribution in [2.24, 2.45) is 0 Å². The molecule has 1 amide bonds. The molecule has 1 heterocycles. The molecule has 0 radical (unpaired) electrons. The third-order valence-electron chi connectivity index (χ3n) is 5.49. The summed E-state index contributed by atoms with van der Waals surface area (Å²) in [5, 5.41) is 9.05. The number of benzene rings is 3. The molecule has 36 heavy (non-hydrogen) atoms. The molecule has 1 aliphatic rings. The number of hydrogen-bond donors (Lipinski definition) is 2. The van der Waals surface area contributed by atoms with E-state index in [0.29, 0.717) is 49.4 Å². The van der Waals surface area contributed by atoms with Gasteiger partial charge in [-0.1, -0.05) is 54.6 Å². The first-order valence-electron chi connectivity index (χ1n) is 11.6. The second-order valence-corrected chi connectivity index (χ2v) is 7.96. The summed E-state index contributed by atoms with van der Waals surface area (Å²) >= 11 is 0. The lowest BCUT2D eigenvalue weighted by molar-refractivity contribution is -0.149. The summed E-state index contributed by atoms with van der Waals surface area (Å²) in [5.74, 6) is 1.40. The van der Waals surface area contributed by atoms with E-state index in [1.54, 1.807) is 29.7 Å². The van der Waals surface area contributed by atoms with Crippen LogP contribution in [0.3, 0.4) is 0 Å². The number of para-hydroxylation sites is 4. The average Bonchev–Trinajstić information content (AvgIpc) is 2.93. The molecular formula is C27H29NO8. The maximum absolute atomic E-state index is 11.9. The Morgan fingerprint density at radius 1 is 0.722 bits per heavy atom. The van der Waals surface area contributed by atoms with Gasteiger partial charge >= 0.3 is 0 Å². The van der Waals surface area contributed by atoms with E-state index >= 15 is 0 Å². The van der Waals surface area contributed by atoms with Crippen molar-refractivity contribution in [2.75, 3.05) is 46.2 Å². The summed E-state index contributed by atoms with van der Waals surface area (Å²) in [4.78, 5) is 11.9. The first-order chi connectivity index (χ1) is 17.7. The number of hydrogen-bond acceptors (Lipinski definition) is 8. The maximum atomic E-state index is 11.9. The van der Waals surface area contributed by atoms with Crippen LogP contribution in [0, 0.1) is 0 Å². The Bertz CT molecular complexity index is 1050. The highest BCUT2D eigenvalue weighted by Crippen LogP contribution is 2.34. The highest BCUT2D eigenvalue weighted by Gasteiger charge is 2.37. The van der Waals surface area contributed by atoms with Crippen LogP contribution in [0.1, 0.15) is 5.56 Å². The van der Waals surface area contributed by atoms with Crippen LogP contribution in [0.4, 0.5) is 0 Å². The first kappa shape index (κ1) is 25.3. The Balaban J connectivity index is 1.71. The van der Waals surface area contributed by atoms with Crippen LogP contribution in [0.25, 0.3) is 0 Å². The molecule has 0 aromatic heterocycles. The van der Waals surface area contributed by atoms with Crippen molar-refractivity contribution in [2.45, 2.75) is 5.60 Å². The van der Waals surface area contributed by atoms with Gasteiger partial charge in [0.05, 0.1) is 13.2 Å². The van der Waals surface area contributed by atoms with Crippen LogP contribution >= 0.6 is 0 Å². The highest BCUT2D eigenvalue weighted by atomic mass is 16.6. The van der Waals surface area contributed by atoms with Crippen molar-refractivity contribution in [3.05, 3.63) is 84.4 Å². The largest absolute Gasteiger partial charge is 0.487 e. The number of nitrogens with one attached hydrogen (secondary N) is 1. The minimum absolute atomic E-state index is 0.0182. The molecule has 0 saturated heterocycles. The van der Waals surface area contributed by atoms with Crippen molar-refractivity contribution >= 4 is 5.91 Å². The zero-order chi connectivity index (χ0) is 25.1. The molecular weight excluding hydrogens is 466 g/mol. The van der Waals surface area contributed by atoms with Gasteiger partial charge in [0.15, 0.2) is 28.6 Å². The molecule has 9 heteroatoms. The summed E-state index contributed by atoms with van der Waals surface area (Å²) < 4.78 is 35.9. The third-order valence-corrected chi connectivity index (χ3v) is 5.49. The molecule has 2 N–H and O–H groups in total. The van der Waals surface area contributed by atoms with Crippen molar-refractivity contribution in [3.63, 3.8) is 0 Å². The van der Waals surface area contributed by atoms with Gasteiger partial charge < -0.3 is 28.4 Å². The van der Waals surface area contributed by atoms with E-state index in [1.807, 2.05) is 54.6 Å². The second kappa shape index (κ2) is 12.8. The Hall–Kier alpha value is -3.79. The average molecular weight is 496 g/mol. The number of hydroxylamine groups is 1. The molecule has 190 valence electrons. The van der Waals surface area contributed by atoms with E-state index in [1.165, 1.54) is 0 Å². The lowest BCUT2D eigenvalue weighted by Gasteiger charge is -2.34. The standard InChI is InChI=1S/C27H29NO8/c29-26(28-30)18-36-27(21-8-2-1-3-9-21)19-34-24-12-6-4-10-22(24)32-16-14-31-15-17-33-23-11-5-7-13-25(23)35-20-27/h1-13,30H,14-20H2,(H,28,29). The van der Waals surface area contributed by atoms with Gasteiger partial charge in [-0.3, -0.25) is 10.0 Å². The van der Waals surface area contributed by atoms with Crippen LogP contribution in [0.2, 0.25) is 0 Å². The quantitative estimate of drug-likeness (QED) is 0.420. The normalized spacial score (nSPS) is 16.0. The number of fused-ring (bicyclic) bond motifs is 2. The Labute approximate surface area is 209 Å². The molecule has 0 fully saturated rings. The van der Waals surface area contributed by atoms with Gasteiger partial charge in [-0.2, -0.15) is 0 Å². The van der Waals surface area contributed by atoms with Gasteiger partial charge in [0.1, 0.15) is 33.0 Å². The van der Waals surface area contributed by atoms with E-state index in [0.717, 1.165) is 5.56 Å². The molecule has 9 nitrogen and oxygen atoms in total. The molecule has 0 aliphatic carbocycles. The summed E-state index contributed by atoms with van der Waals surface area (Å²) in [6.45, 7) is 0.956. The lowest BCUT2D eigenvalue weighted by atomic mass is 9.95. The van der Waals surface area contributed by atoms with E-state index in [9.17, 15) is 4.79 Å². The smallest absolute Gasteiger partial charge is 0.269 e. The first-order valence-corrected chi connectivity index (χ1v) is 11.6. The number of rotatable bonds is 4. The number of amides is 1. The molecule has 0 spiro atoms. The fourth-order valence-corrected chi connectivity index (χ4v) is 3.64. The Kier molecular flexibility index (Phi) is 8.98. The van der Waals surface area contributed by atoms with Crippen molar-refractivity contribution in [3.8, 4) is 23.0 Å². The number of carbonyl (C=O) groups is 1. The molecule has 0 bridgehead atoms. The van der Waals surface area contributed by atoms with Gasteiger partial charge in [-0.05, 0) is 29.8 Å². The molecule has 0 unspecified atom stereocenters. The Morgan fingerprint density at radius 2 is 1.19 bits per heavy atom. The zero-order valence-corrected chi connectivity index (χ0v) is 19.8. The fourth-order valence-electron chi connectivity index (χ4n) is 3.64. The SMILES string of the molecule is O=C(COC1(c2ccccc2)COc2ccccc2OCCOCCOc2ccccc2OC1)NO. The van der Waals surface area contributed by atoms with Gasteiger partial charge in [0, 0.05) is 0 Å². The van der Waals surface area contributed by atoms with E-state index < -0.39 is 18.1 Å². The molecule has 3 aromatic rings. The molecule has 0 atom stereocenters. The highest BCUT2D eigenvalue weighted by molar-refractivity contribution is 5.75. The van der Waals surface area contributed by atoms with Crippen molar-refractivity contribution in [1.82, 2.24) is 5.48 Å². The number of ether oxygens (including phenoxy) is 6. The zero-order valence-electron chi connectivity index (χ0n) is 19.8. The monoisotopic (exact) mass is 495 g/mol. The Morgan fingerprint density at radius 3 is 1.69 bits per heavy atom. The van der Waals surface area contributed by atoms with E-state index in [4.69, 9.17) is 33.6 Å². The van der Waals surface area contributed by atoms with Crippen molar-refractivity contribution in [1.29, 1.82) is 0 Å². The second-order valence-electron chi connectivity index (χ2n) is 7.96. The topological polar surface area (TPSA) is 105 Å². The molecule has 4 rings (SSSR count). The van der Waals surface area contributed by atoms with Gasteiger partial charge in [0.25, 0.3) is 5.91 Å². The summed E-state index contributed by atoms with van der Waals surface area (Å²) in [7, 11) is 0. The van der Waals surface area contributed by atoms with Gasteiger partial charge in [-0.15, -0.1) is 0 Å². The summed E-state index contributed by atoms with van der Waals surface area (Å²) in [6, 6.07) is 23.9. The lowest BCUT2D eigenvalue weighted by Crippen LogP contribution is -2.44. The summed E-state index contributed by atoms with van der Waals surface area (Å²) in [6.07, 6.45) is 0. The maximum Gasteiger partial charge on any atom is 0.269 e. The van der Waals surface area contributed by atoms with Crippen LogP contribution < -0.4 is 24.4 Å². The minimum Gasteiger partial charge on any atom is -0.487 e. The van der Waals surface area contributed by atoms with Crippen LogP contribution in [-0.2, 0) is 19.9 Å². The predicted molar refractivity (Wildman–Crippen MR) is 130 cm³/mol. The van der Waals surface area contributed by atoms with Crippen LogP contribution in [0.5, 0.6) is 23.0 Å². The van der Waals surface area contributed by atoms with Crippen molar-refractivity contribution < 1.29 is 38.4 Å². The van der Waals surface area contributed by atoms with E-state index in [-0.39, 0.29) is 13.2 Å². The minimum atomic E-state index is -1.23. The number of carbonyl (C=O) groups excluding carboxylic acids is 1. The molecule has 0 saturated carbocycles. The van der Waals surface area contributed by atoms with E-state index in [2.05, 4.69) is 0 Å². The fraction of sp³-hybridized carbons (Fsp3) is 0.296. The summed E-state index contributed by atoms with van der Waals surface area (Å²) in [5.41, 5.74) is 1.10.